The summed E-state index contributed by atoms with van der Waals surface area (Å²) in [5, 5.41) is 0. The second-order valence-corrected chi connectivity index (χ2v) is 5.83. The van der Waals surface area contributed by atoms with Crippen LogP contribution in [-0.4, -0.2) is 14.2 Å². The number of hydrogen-bond acceptors (Lipinski definition) is 2. The molecule has 0 radical (unpaired) electrons. The van der Waals surface area contributed by atoms with Crippen LogP contribution in [0.2, 0.25) is 0 Å². The zero-order valence-corrected chi connectivity index (χ0v) is 14.2. The number of methoxy groups -OCH3 is 2. The molecular formula is C16H23IO2. The molecule has 1 aromatic carbocycles. The van der Waals surface area contributed by atoms with Crippen molar-refractivity contribution in [2.75, 3.05) is 14.2 Å². The highest BCUT2D eigenvalue weighted by Crippen LogP contribution is 2.41. The quantitative estimate of drug-likeness (QED) is 0.462. The number of benzene rings is 1. The molecule has 3 heteroatoms. The molecule has 1 rings (SSSR count). The molecule has 0 aliphatic carbocycles. The largest absolute Gasteiger partial charge is 0.496 e. The van der Waals surface area contributed by atoms with Crippen LogP contribution in [0.1, 0.15) is 44.1 Å². The Morgan fingerprint density at radius 1 is 1.26 bits per heavy atom. The Bertz CT molecular complexity index is 390. The number of ether oxygens (including phenoxy) is 2. The maximum absolute atomic E-state index is 5.56. The number of halogens is 1. The first-order valence-corrected chi connectivity index (χ1v) is 7.78. The number of unbranched alkanes of at least 4 members (excludes halogenated alkanes) is 1. The van der Waals surface area contributed by atoms with Gasteiger partial charge in [-0.15, -0.1) is 6.58 Å². The first kappa shape index (κ1) is 16.3. The molecule has 0 saturated heterocycles. The van der Waals surface area contributed by atoms with Crippen molar-refractivity contribution in [2.45, 2.75) is 38.5 Å². The lowest BCUT2D eigenvalue weighted by atomic mass is 9.89. The topological polar surface area (TPSA) is 18.5 Å². The Morgan fingerprint density at radius 2 is 1.84 bits per heavy atom. The summed E-state index contributed by atoms with van der Waals surface area (Å²) in [4.78, 5) is 0. The average Bonchev–Trinajstić information content (AvgIpc) is 2.42. The highest BCUT2D eigenvalue weighted by atomic mass is 127. The maximum atomic E-state index is 5.56. The van der Waals surface area contributed by atoms with Crippen molar-refractivity contribution < 1.29 is 9.47 Å². The van der Waals surface area contributed by atoms with Gasteiger partial charge in [0.1, 0.15) is 11.5 Å². The summed E-state index contributed by atoms with van der Waals surface area (Å²) in [6.07, 6.45) is 6.47. The zero-order valence-electron chi connectivity index (χ0n) is 12.0. The summed E-state index contributed by atoms with van der Waals surface area (Å²) >= 11 is 2.29. The molecule has 0 saturated carbocycles. The normalized spacial score (nSPS) is 12.0. The Morgan fingerprint density at radius 3 is 2.26 bits per heavy atom. The smallest absolute Gasteiger partial charge is 0.127 e. The fourth-order valence-electron chi connectivity index (χ4n) is 2.34. The molecule has 0 fully saturated rings. The standard InChI is InChI=1S/C16H23IO2/c1-5-7-9-12(8-6-2)16-14(18-3)10-13(17)11-15(16)19-4/h6,10-12H,2,5,7-9H2,1,3-4H3/t12-/m1/s1. The third-order valence-electron chi connectivity index (χ3n) is 3.27. The summed E-state index contributed by atoms with van der Waals surface area (Å²) < 4.78 is 12.2. The number of hydrogen-bond donors (Lipinski definition) is 0. The van der Waals surface area contributed by atoms with Gasteiger partial charge in [-0.3, -0.25) is 0 Å². The highest BCUT2D eigenvalue weighted by Gasteiger charge is 2.20. The van der Waals surface area contributed by atoms with Crippen molar-refractivity contribution in [3.05, 3.63) is 33.9 Å². The molecule has 2 nitrogen and oxygen atoms in total. The van der Waals surface area contributed by atoms with Crippen LogP contribution in [0.5, 0.6) is 11.5 Å². The van der Waals surface area contributed by atoms with Gasteiger partial charge in [-0.25, -0.2) is 0 Å². The Kier molecular flexibility index (Phi) is 7.28. The van der Waals surface area contributed by atoms with Gasteiger partial charge in [0, 0.05) is 9.13 Å². The summed E-state index contributed by atoms with van der Waals surface area (Å²) in [5.74, 6) is 2.26. The SMILES string of the molecule is C=CC[C@H](CCCC)c1c(OC)cc(I)cc1OC. The molecule has 0 aliphatic rings. The van der Waals surface area contributed by atoms with Crippen LogP contribution in [-0.2, 0) is 0 Å². The predicted octanol–water partition coefficient (Wildman–Crippen LogP) is 5.16. The van der Waals surface area contributed by atoms with Gasteiger partial charge in [0.2, 0.25) is 0 Å². The van der Waals surface area contributed by atoms with E-state index in [-0.39, 0.29) is 0 Å². The zero-order chi connectivity index (χ0) is 14.3. The monoisotopic (exact) mass is 374 g/mol. The first-order valence-electron chi connectivity index (χ1n) is 6.70. The van der Waals surface area contributed by atoms with E-state index in [9.17, 15) is 0 Å². The van der Waals surface area contributed by atoms with Gasteiger partial charge in [-0.2, -0.15) is 0 Å². The van der Waals surface area contributed by atoms with Crippen LogP contribution in [0.25, 0.3) is 0 Å². The molecule has 19 heavy (non-hydrogen) atoms. The lowest BCUT2D eigenvalue weighted by Gasteiger charge is -2.21. The van der Waals surface area contributed by atoms with E-state index >= 15 is 0 Å². The van der Waals surface area contributed by atoms with Crippen molar-refractivity contribution in [3.63, 3.8) is 0 Å². The fraction of sp³-hybridized carbons (Fsp3) is 0.500. The van der Waals surface area contributed by atoms with Gasteiger partial charge in [0.05, 0.1) is 14.2 Å². The molecule has 0 N–H and O–H groups in total. The molecule has 0 aliphatic heterocycles. The second kappa shape index (κ2) is 8.46. The van der Waals surface area contributed by atoms with Gasteiger partial charge in [0.25, 0.3) is 0 Å². The Labute approximate surface area is 130 Å². The molecule has 0 bridgehead atoms. The van der Waals surface area contributed by atoms with Crippen LogP contribution in [0.3, 0.4) is 0 Å². The van der Waals surface area contributed by atoms with Crippen molar-refractivity contribution in [1.82, 2.24) is 0 Å². The molecule has 1 atom stereocenters. The summed E-state index contributed by atoms with van der Waals surface area (Å²) in [6, 6.07) is 4.14. The highest BCUT2D eigenvalue weighted by molar-refractivity contribution is 14.1. The second-order valence-electron chi connectivity index (χ2n) is 4.59. The maximum Gasteiger partial charge on any atom is 0.127 e. The molecule has 0 amide bonds. The average molecular weight is 374 g/mol. The molecule has 0 spiro atoms. The summed E-state index contributed by atoms with van der Waals surface area (Å²) in [5.41, 5.74) is 1.18. The van der Waals surface area contributed by atoms with Crippen molar-refractivity contribution in [2.24, 2.45) is 0 Å². The van der Waals surface area contributed by atoms with Gasteiger partial charge in [0.15, 0.2) is 0 Å². The van der Waals surface area contributed by atoms with Crippen LogP contribution >= 0.6 is 22.6 Å². The lowest BCUT2D eigenvalue weighted by molar-refractivity contribution is 0.374. The molecular weight excluding hydrogens is 351 g/mol. The van der Waals surface area contributed by atoms with Crippen LogP contribution in [0, 0.1) is 3.57 Å². The van der Waals surface area contributed by atoms with E-state index in [0.717, 1.165) is 27.9 Å². The van der Waals surface area contributed by atoms with E-state index in [1.54, 1.807) is 14.2 Å². The molecule has 1 aromatic rings. The van der Waals surface area contributed by atoms with E-state index < -0.39 is 0 Å². The van der Waals surface area contributed by atoms with Crippen LogP contribution < -0.4 is 9.47 Å². The van der Waals surface area contributed by atoms with Crippen molar-refractivity contribution >= 4 is 22.6 Å². The van der Waals surface area contributed by atoms with Crippen LogP contribution in [0.15, 0.2) is 24.8 Å². The summed E-state index contributed by atoms with van der Waals surface area (Å²) in [7, 11) is 3.44. The predicted molar refractivity (Wildman–Crippen MR) is 89.3 cm³/mol. The van der Waals surface area contributed by atoms with Gasteiger partial charge in [-0.05, 0) is 53.5 Å². The Hall–Kier alpha value is -0.710. The molecule has 106 valence electrons. The summed E-state index contributed by atoms with van der Waals surface area (Å²) in [6.45, 7) is 6.10. The minimum absolute atomic E-state index is 0.416. The minimum Gasteiger partial charge on any atom is -0.496 e. The van der Waals surface area contributed by atoms with E-state index in [4.69, 9.17) is 9.47 Å². The number of rotatable bonds is 8. The van der Waals surface area contributed by atoms with E-state index in [2.05, 4.69) is 48.2 Å². The van der Waals surface area contributed by atoms with Crippen molar-refractivity contribution in [1.29, 1.82) is 0 Å². The van der Waals surface area contributed by atoms with E-state index in [1.807, 2.05) is 6.08 Å². The molecule has 0 unspecified atom stereocenters. The molecule has 0 heterocycles. The van der Waals surface area contributed by atoms with E-state index in [1.165, 1.54) is 18.4 Å². The van der Waals surface area contributed by atoms with Gasteiger partial charge < -0.3 is 9.47 Å². The van der Waals surface area contributed by atoms with E-state index in [0.29, 0.717) is 5.92 Å². The minimum atomic E-state index is 0.416. The fourth-order valence-corrected chi connectivity index (χ4v) is 2.91. The first-order chi connectivity index (χ1) is 9.17. The van der Waals surface area contributed by atoms with Crippen LogP contribution in [0.4, 0.5) is 0 Å². The van der Waals surface area contributed by atoms with Gasteiger partial charge in [-0.1, -0.05) is 25.8 Å². The number of allylic oxidation sites excluding steroid dienone is 1. The Balaban J connectivity index is 3.21. The molecule has 0 aromatic heterocycles. The van der Waals surface area contributed by atoms with Gasteiger partial charge >= 0.3 is 0 Å². The third kappa shape index (κ3) is 4.41. The third-order valence-corrected chi connectivity index (χ3v) is 3.90. The lowest BCUT2D eigenvalue weighted by Crippen LogP contribution is -2.04. The van der Waals surface area contributed by atoms with Crippen molar-refractivity contribution in [3.8, 4) is 11.5 Å².